The molecule has 204 valence electrons. The summed E-state index contributed by atoms with van der Waals surface area (Å²) < 4.78 is 10.6. The van der Waals surface area contributed by atoms with Crippen LogP contribution in [0.15, 0.2) is 0 Å². The lowest BCUT2D eigenvalue weighted by Crippen LogP contribution is -2.66. The van der Waals surface area contributed by atoms with Gasteiger partial charge in [0.2, 0.25) is 17.5 Å². The Morgan fingerprint density at radius 3 is 1.94 bits per heavy atom. The maximum Gasteiger partial charge on any atom is 0.409 e. The van der Waals surface area contributed by atoms with E-state index in [-0.39, 0.29) is 38.3 Å². The summed E-state index contributed by atoms with van der Waals surface area (Å²) in [6, 6.07) is -0.565. The zero-order valence-corrected chi connectivity index (χ0v) is 22.1. The number of ether oxygens (including phenoxy) is 2. The number of hydrogen-bond donors (Lipinski definition) is 3. The Morgan fingerprint density at radius 1 is 0.917 bits per heavy atom. The van der Waals surface area contributed by atoms with Crippen LogP contribution in [0.1, 0.15) is 80.1 Å². The Labute approximate surface area is 212 Å². The molecule has 2 aliphatic rings. The second kappa shape index (κ2) is 11.3. The van der Waals surface area contributed by atoms with Gasteiger partial charge in [0.15, 0.2) is 0 Å². The van der Waals surface area contributed by atoms with Gasteiger partial charge in [-0.05, 0) is 60.8 Å². The first kappa shape index (κ1) is 29.2. The lowest BCUT2D eigenvalue weighted by Gasteiger charge is -2.40. The van der Waals surface area contributed by atoms with E-state index in [0.717, 1.165) is 4.90 Å². The molecule has 0 aliphatic carbocycles. The number of rotatable bonds is 9. The Hall–Kier alpha value is -3.05. The van der Waals surface area contributed by atoms with Crippen molar-refractivity contribution < 1.29 is 38.6 Å². The van der Waals surface area contributed by atoms with E-state index in [0.29, 0.717) is 25.8 Å². The van der Waals surface area contributed by atoms with Gasteiger partial charge in [0.25, 0.3) is 0 Å². The number of aliphatic carboxylic acids is 1. The molecule has 2 saturated heterocycles. The molecule has 3 N–H and O–H groups in total. The van der Waals surface area contributed by atoms with Crippen molar-refractivity contribution in [1.82, 2.24) is 20.4 Å². The highest BCUT2D eigenvalue weighted by atomic mass is 16.6. The molecule has 1 unspecified atom stereocenters. The Bertz CT molecular complexity index is 863. The normalized spacial score (nSPS) is 19.1. The SMILES string of the molecule is CC(C)(C)OC(=O)NCC(CC[C@](NC(=O)OC(C)(C)C)(C(=O)O)N1CCCC1=O)N1CCCC1=O. The van der Waals surface area contributed by atoms with Crippen LogP contribution in [0.3, 0.4) is 0 Å². The third kappa shape index (κ3) is 7.99. The minimum atomic E-state index is -2.07. The van der Waals surface area contributed by atoms with E-state index in [1.54, 1.807) is 46.4 Å². The molecule has 0 aromatic carbocycles. The van der Waals surface area contributed by atoms with Crippen LogP contribution in [0, 0.1) is 0 Å². The van der Waals surface area contributed by atoms with Crippen LogP contribution in [-0.4, -0.2) is 87.4 Å². The first-order valence-electron chi connectivity index (χ1n) is 12.4. The summed E-state index contributed by atoms with van der Waals surface area (Å²) in [6.07, 6.45) is -0.112. The predicted molar refractivity (Wildman–Crippen MR) is 129 cm³/mol. The van der Waals surface area contributed by atoms with Crippen molar-refractivity contribution in [1.29, 1.82) is 0 Å². The van der Waals surface area contributed by atoms with Gasteiger partial charge in [-0.2, -0.15) is 0 Å². The van der Waals surface area contributed by atoms with Crippen molar-refractivity contribution in [2.24, 2.45) is 0 Å². The van der Waals surface area contributed by atoms with E-state index < -0.39 is 47.0 Å². The molecule has 4 amide bonds. The van der Waals surface area contributed by atoms with E-state index >= 15 is 0 Å². The summed E-state index contributed by atoms with van der Waals surface area (Å²) in [7, 11) is 0. The minimum absolute atomic E-state index is 0.0245. The molecule has 12 heteroatoms. The zero-order valence-electron chi connectivity index (χ0n) is 22.1. The minimum Gasteiger partial charge on any atom is -0.478 e. The molecule has 0 aromatic heterocycles. The molecule has 36 heavy (non-hydrogen) atoms. The predicted octanol–water partition coefficient (Wildman–Crippen LogP) is 2.21. The number of nitrogens with one attached hydrogen (secondary N) is 2. The second-order valence-corrected chi connectivity index (χ2v) is 11.2. The highest BCUT2D eigenvalue weighted by Crippen LogP contribution is 2.29. The van der Waals surface area contributed by atoms with Crippen LogP contribution in [0.25, 0.3) is 0 Å². The van der Waals surface area contributed by atoms with E-state index in [1.165, 1.54) is 0 Å². The second-order valence-electron chi connectivity index (χ2n) is 11.2. The maximum atomic E-state index is 12.7. The van der Waals surface area contributed by atoms with Crippen LogP contribution in [0.2, 0.25) is 0 Å². The quantitative estimate of drug-likeness (QED) is 0.425. The molecule has 2 heterocycles. The Balaban J connectivity index is 2.29. The number of carboxylic acid groups (broad SMARTS) is 1. The molecular formula is C24H40N4O8. The fourth-order valence-electron chi connectivity index (χ4n) is 4.38. The standard InChI is InChI=1S/C24H40N4O8/c1-22(2,3)35-20(33)25-15-16(27-13-7-9-17(27)29)11-12-24(19(31)32,28-14-8-10-18(28)30)26-21(34)36-23(4,5)6/h16H,7-15H2,1-6H3,(H,25,33)(H,26,34)(H,31,32)/t16?,24-/m1/s1. The summed E-state index contributed by atoms with van der Waals surface area (Å²) in [6.45, 7) is 10.8. The average molecular weight is 513 g/mol. The average Bonchev–Trinajstić information content (AvgIpc) is 3.32. The molecule has 0 aromatic rings. The highest BCUT2D eigenvalue weighted by molar-refractivity contribution is 5.90. The summed E-state index contributed by atoms with van der Waals surface area (Å²) >= 11 is 0. The molecule has 0 saturated carbocycles. The smallest absolute Gasteiger partial charge is 0.409 e. The molecule has 2 fully saturated rings. The van der Waals surface area contributed by atoms with Gasteiger partial charge in [-0.1, -0.05) is 0 Å². The number of carbonyl (C=O) groups is 5. The molecule has 2 atom stereocenters. The number of hydrogen-bond acceptors (Lipinski definition) is 7. The lowest BCUT2D eigenvalue weighted by atomic mass is 9.97. The van der Waals surface area contributed by atoms with Crippen molar-refractivity contribution in [3.05, 3.63) is 0 Å². The van der Waals surface area contributed by atoms with Gasteiger partial charge in [0.1, 0.15) is 11.2 Å². The van der Waals surface area contributed by atoms with Crippen molar-refractivity contribution in [2.45, 2.75) is 103 Å². The fraction of sp³-hybridized carbons (Fsp3) is 0.792. The van der Waals surface area contributed by atoms with Gasteiger partial charge in [-0.25, -0.2) is 14.4 Å². The van der Waals surface area contributed by atoms with Crippen LogP contribution in [0.5, 0.6) is 0 Å². The van der Waals surface area contributed by atoms with Gasteiger partial charge < -0.3 is 29.7 Å². The fourth-order valence-corrected chi connectivity index (χ4v) is 4.38. The topological polar surface area (TPSA) is 155 Å². The highest BCUT2D eigenvalue weighted by Gasteiger charge is 2.50. The first-order valence-corrected chi connectivity index (χ1v) is 12.4. The third-order valence-electron chi connectivity index (χ3n) is 5.87. The Kier molecular flexibility index (Phi) is 9.19. The van der Waals surface area contributed by atoms with Crippen molar-refractivity contribution in [3.63, 3.8) is 0 Å². The van der Waals surface area contributed by atoms with Crippen LogP contribution in [-0.2, 0) is 23.9 Å². The summed E-state index contributed by atoms with van der Waals surface area (Å²) in [5, 5.41) is 15.4. The molecule has 2 aliphatic heterocycles. The molecular weight excluding hydrogens is 472 g/mol. The van der Waals surface area contributed by atoms with E-state index in [2.05, 4.69) is 10.6 Å². The van der Waals surface area contributed by atoms with Gasteiger partial charge in [0.05, 0.1) is 0 Å². The number of nitrogens with zero attached hydrogens (tertiary/aromatic N) is 2. The molecule has 12 nitrogen and oxygen atoms in total. The number of carboxylic acids is 1. The number of carbonyl (C=O) groups excluding carboxylic acids is 4. The number of amides is 4. The molecule has 0 spiro atoms. The van der Waals surface area contributed by atoms with E-state index in [9.17, 15) is 29.1 Å². The van der Waals surface area contributed by atoms with E-state index in [1.807, 2.05) is 0 Å². The summed E-state index contributed by atoms with van der Waals surface area (Å²) in [4.78, 5) is 65.4. The van der Waals surface area contributed by atoms with Gasteiger partial charge in [0, 0.05) is 44.9 Å². The molecule has 0 bridgehead atoms. The van der Waals surface area contributed by atoms with Gasteiger partial charge >= 0.3 is 18.2 Å². The zero-order chi connectivity index (χ0) is 27.3. The van der Waals surface area contributed by atoms with Crippen LogP contribution >= 0.6 is 0 Å². The van der Waals surface area contributed by atoms with Crippen molar-refractivity contribution in [2.75, 3.05) is 19.6 Å². The third-order valence-corrected chi connectivity index (χ3v) is 5.87. The number of likely N-dealkylation sites (tertiary alicyclic amines) is 2. The largest absolute Gasteiger partial charge is 0.478 e. The van der Waals surface area contributed by atoms with Gasteiger partial charge in [-0.3, -0.25) is 14.9 Å². The monoisotopic (exact) mass is 512 g/mol. The molecule has 0 radical (unpaired) electrons. The van der Waals surface area contributed by atoms with Crippen molar-refractivity contribution in [3.8, 4) is 0 Å². The van der Waals surface area contributed by atoms with Crippen molar-refractivity contribution >= 4 is 30.0 Å². The lowest BCUT2D eigenvalue weighted by molar-refractivity contribution is -0.160. The maximum absolute atomic E-state index is 12.7. The van der Waals surface area contributed by atoms with E-state index in [4.69, 9.17) is 9.47 Å². The number of alkyl carbamates (subject to hydrolysis) is 2. The Morgan fingerprint density at radius 2 is 1.47 bits per heavy atom. The summed E-state index contributed by atoms with van der Waals surface area (Å²) in [5.74, 6) is -1.91. The van der Waals surface area contributed by atoms with Crippen LogP contribution < -0.4 is 10.6 Å². The summed E-state index contributed by atoms with van der Waals surface area (Å²) in [5.41, 5.74) is -3.66. The van der Waals surface area contributed by atoms with Crippen LogP contribution in [0.4, 0.5) is 9.59 Å². The first-order chi connectivity index (χ1) is 16.5. The van der Waals surface area contributed by atoms with Gasteiger partial charge in [-0.15, -0.1) is 0 Å². The molecule has 2 rings (SSSR count).